The molecule has 29 heavy (non-hydrogen) atoms. The fourth-order valence-electron chi connectivity index (χ4n) is 3.84. The number of benzene rings is 2. The molecule has 150 valence electrons. The van der Waals surface area contributed by atoms with Crippen molar-refractivity contribution in [3.63, 3.8) is 0 Å². The van der Waals surface area contributed by atoms with Crippen molar-refractivity contribution >= 4 is 34.7 Å². The molecule has 1 N–H and O–H groups in total. The third-order valence-corrected chi connectivity index (χ3v) is 5.56. The number of para-hydroxylation sites is 1. The van der Waals surface area contributed by atoms with Gasteiger partial charge < -0.3 is 10.0 Å². The van der Waals surface area contributed by atoms with Crippen LogP contribution in [-0.4, -0.2) is 66.1 Å². The molecule has 0 bridgehead atoms. The number of hydrogen-bond donors (Lipinski definition) is 1. The van der Waals surface area contributed by atoms with Crippen LogP contribution in [-0.2, 0) is 9.59 Å². The number of aliphatic hydroxyl groups is 1. The van der Waals surface area contributed by atoms with Crippen LogP contribution >= 0.6 is 11.6 Å². The van der Waals surface area contributed by atoms with Gasteiger partial charge in [-0.25, -0.2) is 4.90 Å². The summed E-state index contributed by atoms with van der Waals surface area (Å²) in [4.78, 5) is 32.1. The van der Waals surface area contributed by atoms with Gasteiger partial charge in [0.05, 0.1) is 17.9 Å². The normalized spacial score (nSPS) is 18.1. The number of hydrogen-bond acceptors (Lipinski definition) is 5. The Kier molecular flexibility index (Phi) is 5.67. The zero-order valence-corrected chi connectivity index (χ0v) is 16.7. The van der Waals surface area contributed by atoms with E-state index < -0.39 is 0 Å². The van der Waals surface area contributed by atoms with Crippen LogP contribution < -0.4 is 4.90 Å². The van der Waals surface area contributed by atoms with Gasteiger partial charge in [0.2, 0.25) is 0 Å². The number of carbonyl (C=O) groups is 2. The minimum absolute atomic E-state index is 0.109. The van der Waals surface area contributed by atoms with E-state index in [1.54, 1.807) is 36.4 Å². The summed E-state index contributed by atoms with van der Waals surface area (Å²) < 4.78 is 0. The van der Waals surface area contributed by atoms with Gasteiger partial charge in [-0.2, -0.15) is 0 Å². The van der Waals surface area contributed by atoms with Gasteiger partial charge in [0.25, 0.3) is 11.8 Å². The SMILES string of the molecule is O=C1C(c2ccc(Cl)cc2)=C(N2CCN(CCO)CC2)C(=O)N1c1ccccc1. The van der Waals surface area contributed by atoms with Crippen LogP contribution in [0.3, 0.4) is 0 Å². The molecular formula is C22H22ClN3O3. The van der Waals surface area contributed by atoms with Crippen LogP contribution in [0.2, 0.25) is 5.02 Å². The van der Waals surface area contributed by atoms with E-state index in [0.717, 1.165) is 13.1 Å². The number of piperazine rings is 1. The molecule has 4 rings (SSSR count). The Hall–Kier alpha value is -2.67. The van der Waals surface area contributed by atoms with E-state index in [1.165, 1.54) is 4.90 Å². The first kappa shape index (κ1) is 19.6. The van der Waals surface area contributed by atoms with Crippen LogP contribution in [0.5, 0.6) is 0 Å². The van der Waals surface area contributed by atoms with Crippen LogP contribution in [0.15, 0.2) is 60.3 Å². The maximum atomic E-state index is 13.4. The molecule has 0 spiro atoms. The van der Waals surface area contributed by atoms with Crippen molar-refractivity contribution in [3.05, 3.63) is 70.9 Å². The van der Waals surface area contributed by atoms with E-state index >= 15 is 0 Å². The van der Waals surface area contributed by atoms with Gasteiger partial charge in [-0.05, 0) is 29.8 Å². The molecular weight excluding hydrogens is 390 g/mol. The number of rotatable bonds is 5. The maximum Gasteiger partial charge on any atom is 0.282 e. The van der Waals surface area contributed by atoms with Crippen molar-refractivity contribution in [2.75, 3.05) is 44.2 Å². The molecule has 0 radical (unpaired) electrons. The van der Waals surface area contributed by atoms with Gasteiger partial charge in [-0.3, -0.25) is 14.5 Å². The first-order valence-corrected chi connectivity index (χ1v) is 10.00. The van der Waals surface area contributed by atoms with Crippen molar-refractivity contribution in [1.82, 2.24) is 9.80 Å². The van der Waals surface area contributed by atoms with E-state index in [4.69, 9.17) is 16.7 Å². The molecule has 1 fully saturated rings. The monoisotopic (exact) mass is 411 g/mol. The molecule has 2 heterocycles. The van der Waals surface area contributed by atoms with Crippen molar-refractivity contribution in [3.8, 4) is 0 Å². The van der Waals surface area contributed by atoms with Gasteiger partial charge in [-0.1, -0.05) is 41.9 Å². The Morgan fingerprint density at radius 2 is 1.52 bits per heavy atom. The Balaban J connectivity index is 1.73. The predicted octanol–water partition coefficient (Wildman–Crippen LogP) is 2.23. The molecule has 1 saturated heterocycles. The molecule has 2 aliphatic heterocycles. The fraction of sp³-hybridized carbons (Fsp3) is 0.273. The standard InChI is InChI=1S/C22H22ClN3O3/c23-17-8-6-16(7-9-17)19-20(25-12-10-24(11-13-25)14-15-27)22(29)26(21(19)28)18-4-2-1-3-5-18/h1-9,27H,10-15H2. The molecule has 6 nitrogen and oxygen atoms in total. The van der Waals surface area contributed by atoms with E-state index in [2.05, 4.69) is 4.90 Å². The lowest BCUT2D eigenvalue weighted by Crippen LogP contribution is -2.48. The minimum Gasteiger partial charge on any atom is -0.395 e. The molecule has 0 aromatic heterocycles. The lowest BCUT2D eigenvalue weighted by atomic mass is 10.0. The summed E-state index contributed by atoms with van der Waals surface area (Å²) in [5.41, 5.74) is 2.08. The first-order chi connectivity index (χ1) is 14.1. The van der Waals surface area contributed by atoms with E-state index in [1.807, 2.05) is 23.1 Å². The average Bonchev–Trinajstić information content (AvgIpc) is 3.00. The summed E-state index contributed by atoms with van der Waals surface area (Å²) in [7, 11) is 0. The van der Waals surface area contributed by atoms with E-state index in [-0.39, 0.29) is 18.4 Å². The summed E-state index contributed by atoms with van der Waals surface area (Å²) in [6, 6.07) is 16.0. The molecule has 0 saturated carbocycles. The summed E-state index contributed by atoms with van der Waals surface area (Å²) >= 11 is 6.02. The van der Waals surface area contributed by atoms with Crippen molar-refractivity contribution in [1.29, 1.82) is 0 Å². The number of aliphatic hydroxyl groups excluding tert-OH is 1. The van der Waals surface area contributed by atoms with Crippen molar-refractivity contribution in [2.45, 2.75) is 0 Å². The highest BCUT2D eigenvalue weighted by Gasteiger charge is 2.42. The number of amides is 2. The molecule has 0 atom stereocenters. The summed E-state index contributed by atoms with van der Waals surface area (Å²) in [5.74, 6) is -0.627. The summed E-state index contributed by atoms with van der Waals surface area (Å²) in [5, 5.41) is 9.74. The molecule has 2 aliphatic rings. The second kappa shape index (κ2) is 8.37. The highest BCUT2D eigenvalue weighted by atomic mass is 35.5. The number of imide groups is 1. The smallest absolute Gasteiger partial charge is 0.282 e. The van der Waals surface area contributed by atoms with Gasteiger partial charge in [0, 0.05) is 37.7 Å². The van der Waals surface area contributed by atoms with Crippen LogP contribution in [0.1, 0.15) is 5.56 Å². The van der Waals surface area contributed by atoms with Crippen molar-refractivity contribution in [2.24, 2.45) is 0 Å². The highest BCUT2D eigenvalue weighted by molar-refractivity contribution is 6.45. The van der Waals surface area contributed by atoms with Gasteiger partial charge in [0.1, 0.15) is 5.70 Å². The van der Waals surface area contributed by atoms with Crippen LogP contribution in [0.4, 0.5) is 5.69 Å². The molecule has 0 unspecified atom stereocenters. The second-order valence-electron chi connectivity index (χ2n) is 7.06. The Morgan fingerprint density at radius 3 is 2.14 bits per heavy atom. The summed E-state index contributed by atoms with van der Waals surface area (Å²) in [6.07, 6.45) is 0. The number of β-amino-alcohol motifs (C(OH)–C–C–N with tert-alkyl or cyclic N) is 1. The molecule has 2 aromatic rings. The zero-order chi connectivity index (χ0) is 20.4. The summed E-state index contributed by atoms with van der Waals surface area (Å²) in [6.45, 7) is 3.41. The third kappa shape index (κ3) is 3.79. The Morgan fingerprint density at radius 1 is 0.862 bits per heavy atom. The maximum absolute atomic E-state index is 13.4. The average molecular weight is 412 g/mol. The highest BCUT2D eigenvalue weighted by Crippen LogP contribution is 2.35. The lowest BCUT2D eigenvalue weighted by Gasteiger charge is -2.36. The number of anilines is 1. The lowest BCUT2D eigenvalue weighted by molar-refractivity contribution is -0.120. The predicted molar refractivity (Wildman–Crippen MR) is 112 cm³/mol. The first-order valence-electron chi connectivity index (χ1n) is 9.62. The molecule has 0 aliphatic carbocycles. The Labute approximate surface area is 174 Å². The number of halogens is 1. The number of nitrogens with zero attached hydrogens (tertiary/aromatic N) is 3. The molecule has 2 amide bonds. The van der Waals surface area contributed by atoms with Crippen LogP contribution in [0, 0.1) is 0 Å². The second-order valence-corrected chi connectivity index (χ2v) is 7.50. The quantitative estimate of drug-likeness (QED) is 0.764. The van der Waals surface area contributed by atoms with E-state index in [0.29, 0.717) is 47.2 Å². The zero-order valence-electron chi connectivity index (χ0n) is 15.9. The van der Waals surface area contributed by atoms with E-state index in [9.17, 15) is 9.59 Å². The largest absolute Gasteiger partial charge is 0.395 e. The Bertz CT molecular complexity index is 936. The third-order valence-electron chi connectivity index (χ3n) is 5.31. The van der Waals surface area contributed by atoms with Gasteiger partial charge in [-0.15, -0.1) is 0 Å². The minimum atomic E-state index is -0.323. The van der Waals surface area contributed by atoms with Crippen molar-refractivity contribution < 1.29 is 14.7 Å². The molecule has 7 heteroatoms. The van der Waals surface area contributed by atoms with Gasteiger partial charge in [0.15, 0.2) is 0 Å². The molecule has 2 aromatic carbocycles. The fourth-order valence-corrected chi connectivity index (χ4v) is 3.96. The number of carbonyl (C=O) groups excluding carboxylic acids is 2. The topological polar surface area (TPSA) is 64.1 Å². The van der Waals surface area contributed by atoms with Crippen LogP contribution in [0.25, 0.3) is 5.57 Å². The van der Waals surface area contributed by atoms with Gasteiger partial charge >= 0.3 is 0 Å².